The second-order valence-electron chi connectivity index (χ2n) is 5.23. The van der Waals surface area contributed by atoms with E-state index in [9.17, 15) is 0 Å². The largest absolute Gasteiger partial charge is 0.396 e. The molecule has 1 heterocycles. The van der Waals surface area contributed by atoms with Crippen molar-refractivity contribution in [2.24, 2.45) is 11.8 Å². The van der Waals surface area contributed by atoms with Gasteiger partial charge in [-0.05, 0) is 37.5 Å². The molecule has 0 aliphatic heterocycles. The number of nitrogens with zero attached hydrogens (tertiary/aromatic N) is 2. The van der Waals surface area contributed by atoms with Gasteiger partial charge < -0.3 is 5.73 Å². The average Bonchev–Trinajstić information content (AvgIpc) is 2.30. The molecule has 2 N–H and O–H groups in total. The monoisotopic (exact) mass is 219 g/mol. The van der Waals surface area contributed by atoms with Crippen LogP contribution < -0.4 is 5.73 Å². The summed E-state index contributed by atoms with van der Waals surface area (Å²) in [6.07, 6.45) is 8.53. The van der Waals surface area contributed by atoms with Crippen LogP contribution in [0, 0.1) is 11.8 Å². The summed E-state index contributed by atoms with van der Waals surface area (Å²) < 4.78 is 0. The number of hydrogen-bond donors (Lipinski definition) is 1. The lowest BCUT2D eigenvalue weighted by atomic mass is 9.77. The molecule has 0 amide bonds. The predicted molar refractivity (Wildman–Crippen MR) is 66.0 cm³/mol. The van der Waals surface area contributed by atoms with Crippen molar-refractivity contribution >= 4 is 5.69 Å². The van der Waals surface area contributed by atoms with Crippen LogP contribution in [0.1, 0.15) is 51.3 Å². The van der Waals surface area contributed by atoms with Crippen LogP contribution in [0.2, 0.25) is 0 Å². The Balaban J connectivity index is 1.96. The van der Waals surface area contributed by atoms with E-state index < -0.39 is 0 Å². The molecule has 3 nitrogen and oxygen atoms in total. The van der Waals surface area contributed by atoms with Crippen molar-refractivity contribution in [2.45, 2.75) is 45.4 Å². The first-order chi connectivity index (χ1) is 7.66. The van der Waals surface area contributed by atoms with Crippen LogP contribution in [0.5, 0.6) is 0 Å². The topological polar surface area (TPSA) is 51.8 Å². The molecule has 1 saturated carbocycles. The smallest absolute Gasteiger partial charge is 0.131 e. The van der Waals surface area contributed by atoms with Crippen LogP contribution in [0.25, 0.3) is 0 Å². The predicted octanol–water partition coefficient (Wildman–Crippen LogP) is 2.99. The summed E-state index contributed by atoms with van der Waals surface area (Å²) in [6, 6.07) is 0. The molecule has 16 heavy (non-hydrogen) atoms. The third kappa shape index (κ3) is 2.52. The van der Waals surface area contributed by atoms with E-state index in [0.29, 0.717) is 11.6 Å². The minimum absolute atomic E-state index is 0.551. The molecule has 0 aromatic carbocycles. The van der Waals surface area contributed by atoms with E-state index >= 15 is 0 Å². The number of rotatable bonds is 2. The van der Waals surface area contributed by atoms with Crippen LogP contribution in [0.4, 0.5) is 5.69 Å². The fourth-order valence-corrected chi connectivity index (χ4v) is 2.60. The normalized spacial score (nSPS) is 25.9. The van der Waals surface area contributed by atoms with Gasteiger partial charge in [0.1, 0.15) is 5.82 Å². The van der Waals surface area contributed by atoms with Gasteiger partial charge in [-0.25, -0.2) is 9.97 Å². The number of anilines is 1. The van der Waals surface area contributed by atoms with Crippen LogP contribution in [0.3, 0.4) is 0 Å². The van der Waals surface area contributed by atoms with Gasteiger partial charge in [-0.15, -0.1) is 0 Å². The first kappa shape index (κ1) is 11.4. The van der Waals surface area contributed by atoms with E-state index in [-0.39, 0.29) is 0 Å². The molecule has 1 aromatic heterocycles. The summed E-state index contributed by atoms with van der Waals surface area (Å²) >= 11 is 0. The van der Waals surface area contributed by atoms with Gasteiger partial charge in [-0.1, -0.05) is 13.8 Å². The van der Waals surface area contributed by atoms with E-state index in [2.05, 4.69) is 23.8 Å². The van der Waals surface area contributed by atoms with Crippen molar-refractivity contribution in [2.75, 3.05) is 5.73 Å². The fourth-order valence-electron chi connectivity index (χ4n) is 2.60. The van der Waals surface area contributed by atoms with Crippen molar-refractivity contribution in [1.29, 1.82) is 0 Å². The quantitative estimate of drug-likeness (QED) is 0.832. The molecule has 0 unspecified atom stereocenters. The van der Waals surface area contributed by atoms with Gasteiger partial charge in [0.15, 0.2) is 0 Å². The Morgan fingerprint density at radius 3 is 2.19 bits per heavy atom. The molecular weight excluding hydrogens is 198 g/mol. The summed E-state index contributed by atoms with van der Waals surface area (Å²) in [5.74, 6) is 3.24. The van der Waals surface area contributed by atoms with Gasteiger partial charge in [-0.3, -0.25) is 0 Å². The minimum atomic E-state index is 0.551. The zero-order chi connectivity index (χ0) is 11.5. The van der Waals surface area contributed by atoms with Crippen LogP contribution in [-0.4, -0.2) is 9.97 Å². The molecule has 0 saturated heterocycles. The summed E-state index contributed by atoms with van der Waals surface area (Å²) in [5.41, 5.74) is 6.25. The lowest BCUT2D eigenvalue weighted by molar-refractivity contribution is 0.255. The highest BCUT2D eigenvalue weighted by molar-refractivity contribution is 5.30. The molecule has 2 rings (SSSR count). The maximum atomic E-state index is 5.59. The van der Waals surface area contributed by atoms with E-state index in [1.54, 1.807) is 12.4 Å². The summed E-state index contributed by atoms with van der Waals surface area (Å²) in [4.78, 5) is 8.67. The Labute approximate surface area is 97.5 Å². The minimum Gasteiger partial charge on any atom is -0.396 e. The molecule has 1 aliphatic rings. The molecule has 0 spiro atoms. The lowest BCUT2D eigenvalue weighted by Crippen LogP contribution is -2.18. The molecule has 1 aliphatic carbocycles. The second kappa shape index (κ2) is 4.81. The van der Waals surface area contributed by atoms with Crippen molar-refractivity contribution in [3.63, 3.8) is 0 Å². The zero-order valence-electron chi connectivity index (χ0n) is 10.2. The fraction of sp³-hybridized carbons (Fsp3) is 0.692. The zero-order valence-corrected chi connectivity index (χ0v) is 10.2. The number of hydrogen-bond acceptors (Lipinski definition) is 3. The number of aromatic nitrogens is 2. The highest BCUT2D eigenvalue weighted by Gasteiger charge is 2.25. The van der Waals surface area contributed by atoms with Crippen molar-refractivity contribution in [3.8, 4) is 0 Å². The molecular formula is C13H21N3. The molecule has 0 atom stereocenters. The van der Waals surface area contributed by atoms with Crippen molar-refractivity contribution < 1.29 is 0 Å². The maximum absolute atomic E-state index is 5.59. The third-order valence-corrected chi connectivity index (χ3v) is 3.77. The molecule has 0 bridgehead atoms. The highest BCUT2D eigenvalue weighted by Crippen LogP contribution is 2.37. The van der Waals surface area contributed by atoms with E-state index in [1.165, 1.54) is 25.7 Å². The van der Waals surface area contributed by atoms with Gasteiger partial charge >= 0.3 is 0 Å². The van der Waals surface area contributed by atoms with Gasteiger partial charge in [0.25, 0.3) is 0 Å². The summed E-state index contributed by atoms with van der Waals surface area (Å²) in [6.45, 7) is 4.65. The highest BCUT2D eigenvalue weighted by atomic mass is 14.9. The molecule has 1 fully saturated rings. The Kier molecular flexibility index (Phi) is 3.42. The lowest BCUT2D eigenvalue weighted by Gasteiger charge is -2.29. The van der Waals surface area contributed by atoms with Crippen LogP contribution in [0.15, 0.2) is 12.4 Å². The van der Waals surface area contributed by atoms with Gasteiger partial charge in [-0.2, -0.15) is 0 Å². The second-order valence-corrected chi connectivity index (χ2v) is 5.23. The van der Waals surface area contributed by atoms with Crippen molar-refractivity contribution in [3.05, 3.63) is 18.2 Å². The Hall–Kier alpha value is -1.12. The standard InChI is InChI=1S/C13H21N3/c1-9(2)10-3-5-11(6-4-10)13-15-7-12(14)8-16-13/h7-11H,3-6,14H2,1-2H3. The first-order valence-corrected chi connectivity index (χ1v) is 6.24. The van der Waals surface area contributed by atoms with Crippen LogP contribution >= 0.6 is 0 Å². The summed E-state index contributed by atoms with van der Waals surface area (Å²) in [7, 11) is 0. The van der Waals surface area contributed by atoms with E-state index in [4.69, 9.17) is 5.73 Å². The average molecular weight is 219 g/mol. The Morgan fingerprint density at radius 2 is 1.69 bits per heavy atom. The number of nitrogens with two attached hydrogens (primary N) is 1. The SMILES string of the molecule is CC(C)C1CCC(c2ncc(N)cn2)CC1. The van der Waals surface area contributed by atoms with Gasteiger partial charge in [0, 0.05) is 5.92 Å². The van der Waals surface area contributed by atoms with Gasteiger partial charge in [0.05, 0.1) is 18.1 Å². The van der Waals surface area contributed by atoms with Crippen molar-refractivity contribution in [1.82, 2.24) is 9.97 Å². The van der Waals surface area contributed by atoms with Crippen LogP contribution in [-0.2, 0) is 0 Å². The summed E-state index contributed by atoms with van der Waals surface area (Å²) in [5, 5.41) is 0. The maximum Gasteiger partial charge on any atom is 0.131 e. The number of nitrogen functional groups attached to an aromatic ring is 1. The first-order valence-electron chi connectivity index (χ1n) is 6.24. The van der Waals surface area contributed by atoms with E-state index in [1.807, 2.05) is 0 Å². The Morgan fingerprint density at radius 1 is 1.12 bits per heavy atom. The molecule has 88 valence electrons. The third-order valence-electron chi connectivity index (χ3n) is 3.77. The molecule has 1 aromatic rings. The van der Waals surface area contributed by atoms with Gasteiger partial charge in [0.2, 0.25) is 0 Å². The molecule has 3 heteroatoms. The molecule has 0 radical (unpaired) electrons. The Bertz CT molecular complexity index is 324. The van der Waals surface area contributed by atoms with E-state index in [0.717, 1.165) is 17.7 Å².